The van der Waals surface area contributed by atoms with Crippen molar-refractivity contribution in [1.82, 2.24) is 14.9 Å². The molecule has 0 fully saturated rings. The molecule has 0 aliphatic heterocycles. The maximum Gasteiger partial charge on any atom is 0.356 e. The van der Waals surface area contributed by atoms with Crippen LogP contribution in [0.3, 0.4) is 0 Å². The van der Waals surface area contributed by atoms with Gasteiger partial charge in [0.1, 0.15) is 5.76 Å². The second-order valence-electron chi connectivity index (χ2n) is 9.55. The minimum absolute atomic E-state index is 0.167. The van der Waals surface area contributed by atoms with Gasteiger partial charge in [-0.05, 0) is 48.4 Å². The predicted octanol–water partition coefficient (Wildman–Crippen LogP) is 5.41. The van der Waals surface area contributed by atoms with Gasteiger partial charge in [0.05, 0.1) is 17.6 Å². The molecular weight excluding hydrogens is 414 g/mol. The molecule has 0 spiro atoms. The number of hydrogen-bond donors (Lipinski definition) is 1. The fourth-order valence-electron chi connectivity index (χ4n) is 6.22. The summed E-state index contributed by atoms with van der Waals surface area (Å²) in [4.78, 5) is 12.1. The van der Waals surface area contributed by atoms with Crippen LogP contribution in [0.4, 0.5) is 0 Å². The molecule has 2 aromatic carbocycles. The van der Waals surface area contributed by atoms with E-state index in [0.29, 0.717) is 12.3 Å². The van der Waals surface area contributed by atoms with Crippen LogP contribution in [0.5, 0.6) is 0 Å². The third-order valence-electron chi connectivity index (χ3n) is 7.72. The summed E-state index contributed by atoms with van der Waals surface area (Å²) in [6, 6.07) is 18.4. The summed E-state index contributed by atoms with van der Waals surface area (Å²) in [6.07, 6.45) is 4.19. The molecule has 1 N–H and O–H groups in total. The van der Waals surface area contributed by atoms with Crippen LogP contribution >= 0.6 is 0 Å². The van der Waals surface area contributed by atoms with Crippen LogP contribution in [0.2, 0.25) is 0 Å². The van der Waals surface area contributed by atoms with E-state index in [1.54, 1.807) is 0 Å². The zero-order valence-corrected chi connectivity index (χ0v) is 18.7. The van der Waals surface area contributed by atoms with Crippen molar-refractivity contribution < 1.29 is 14.4 Å². The quantitative estimate of drug-likeness (QED) is 0.462. The Labute approximate surface area is 191 Å². The van der Waals surface area contributed by atoms with E-state index in [1.165, 1.54) is 0 Å². The average molecular weight is 440 g/mol. The SMILES string of the molecule is C[C@H]1c2oncc2C[C@@]2(C)c3c(c(C(=O)O)nn3-c3ccc(-c4ccccc4)cc3)CC[C@H]12. The van der Waals surface area contributed by atoms with E-state index in [9.17, 15) is 9.90 Å². The Bertz CT molecular complexity index is 1350. The van der Waals surface area contributed by atoms with E-state index in [1.807, 2.05) is 41.2 Å². The van der Waals surface area contributed by atoms with E-state index >= 15 is 0 Å². The van der Waals surface area contributed by atoms with Gasteiger partial charge in [0.2, 0.25) is 0 Å². The molecule has 0 saturated carbocycles. The summed E-state index contributed by atoms with van der Waals surface area (Å²) in [6.45, 7) is 4.45. The predicted molar refractivity (Wildman–Crippen MR) is 124 cm³/mol. The van der Waals surface area contributed by atoms with Gasteiger partial charge in [0.15, 0.2) is 5.69 Å². The Morgan fingerprint density at radius 3 is 2.58 bits per heavy atom. The van der Waals surface area contributed by atoms with Crippen LogP contribution < -0.4 is 0 Å². The van der Waals surface area contributed by atoms with Gasteiger partial charge >= 0.3 is 5.97 Å². The van der Waals surface area contributed by atoms with Crippen LogP contribution in [0.1, 0.15) is 59.3 Å². The van der Waals surface area contributed by atoms with Crippen LogP contribution in [-0.4, -0.2) is 26.0 Å². The lowest BCUT2D eigenvalue weighted by atomic mass is 9.56. The Morgan fingerprint density at radius 2 is 1.85 bits per heavy atom. The first-order valence-electron chi connectivity index (χ1n) is 11.4. The second kappa shape index (κ2) is 7.17. The number of carboxylic acid groups (broad SMARTS) is 1. The Kier molecular flexibility index (Phi) is 4.34. The van der Waals surface area contributed by atoms with Gasteiger partial charge in [0.25, 0.3) is 0 Å². The van der Waals surface area contributed by atoms with Gasteiger partial charge < -0.3 is 9.63 Å². The fraction of sp³-hybridized carbons (Fsp3) is 0.296. The maximum atomic E-state index is 12.1. The lowest BCUT2D eigenvalue weighted by molar-refractivity contribution is 0.0688. The molecule has 4 aromatic rings. The second-order valence-corrected chi connectivity index (χ2v) is 9.55. The number of carboxylic acids is 1. The van der Waals surface area contributed by atoms with Crippen LogP contribution in [0, 0.1) is 5.92 Å². The van der Waals surface area contributed by atoms with Gasteiger partial charge in [-0.1, -0.05) is 61.5 Å². The monoisotopic (exact) mass is 439 g/mol. The third-order valence-corrected chi connectivity index (χ3v) is 7.72. The first-order chi connectivity index (χ1) is 16.0. The molecule has 0 bridgehead atoms. The summed E-state index contributed by atoms with van der Waals surface area (Å²) in [5, 5.41) is 18.7. The molecule has 6 heteroatoms. The summed E-state index contributed by atoms with van der Waals surface area (Å²) in [5.41, 5.74) is 6.03. The number of carbonyl (C=O) groups is 1. The largest absolute Gasteiger partial charge is 0.476 e. The zero-order valence-electron chi connectivity index (χ0n) is 18.7. The van der Waals surface area contributed by atoms with E-state index < -0.39 is 5.97 Å². The summed E-state index contributed by atoms with van der Waals surface area (Å²) in [5.74, 6) is 0.540. The molecule has 0 amide bonds. The van der Waals surface area contributed by atoms with Crippen molar-refractivity contribution in [3.63, 3.8) is 0 Å². The van der Waals surface area contributed by atoms with E-state index in [0.717, 1.165) is 52.2 Å². The summed E-state index contributed by atoms with van der Waals surface area (Å²) < 4.78 is 7.48. The topological polar surface area (TPSA) is 81.2 Å². The molecule has 33 heavy (non-hydrogen) atoms. The van der Waals surface area contributed by atoms with Crippen molar-refractivity contribution in [3.05, 3.63) is 89.1 Å². The first-order valence-corrected chi connectivity index (χ1v) is 11.4. The molecule has 2 aromatic heterocycles. The third kappa shape index (κ3) is 2.90. The highest BCUT2D eigenvalue weighted by atomic mass is 16.5. The molecule has 6 nitrogen and oxygen atoms in total. The molecule has 0 radical (unpaired) electrons. The number of aromatic nitrogens is 3. The van der Waals surface area contributed by atoms with Crippen molar-refractivity contribution in [2.24, 2.45) is 5.92 Å². The normalized spacial score (nSPS) is 23.5. The first kappa shape index (κ1) is 20.0. The highest BCUT2D eigenvalue weighted by Gasteiger charge is 2.52. The minimum Gasteiger partial charge on any atom is -0.476 e. The zero-order chi connectivity index (χ0) is 22.7. The number of nitrogens with zero attached hydrogens (tertiary/aromatic N) is 3. The Hall–Kier alpha value is -3.67. The van der Waals surface area contributed by atoms with Crippen LogP contribution in [-0.2, 0) is 18.3 Å². The van der Waals surface area contributed by atoms with Crippen LogP contribution in [0.15, 0.2) is 65.3 Å². The number of benzene rings is 2. The maximum absolute atomic E-state index is 12.1. The standard InChI is InChI=1S/C27H25N3O3/c1-16-22-13-12-21-23(26(31)32)29-30(25(21)27(22,2)14-19-15-28-33-24(16)19)20-10-8-18(9-11-20)17-6-4-3-5-7-17/h3-11,15-16,22H,12-14H2,1-2H3,(H,31,32)/t16-,22-,27-/m1/s1. The van der Waals surface area contributed by atoms with Crippen LogP contribution in [0.25, 0.3) is 16.8 Å². The molecule has 2 heterocycles. The number of rotatable bonds is 3. The number of fused-ring (bicyclic) bond motifs is 4. The molecule has 6 rings (SSSR count). The van der Waals surface area contributed by atoms with Gasteiger partial charge in [0, 0.05) is 22.5 Å². The van der Waals surface area contributed by atoms with Gasteiger partial charge in [-0.3, -0.25) is 0 Å². The summed E-state index contributed by atoms with van der Waals surface area (Å²) >= 11 is 0. The summed E-state index contributed by atoms with van der Waals surface area (Å²) in [7, 11) is 0. The van der Waals surface area contributed by atoms with Gasteiger partial charge in [-0.25, -0.2) is 9.48 Å². The molecule has 0 saturated heterocycles. The lowest BCUT2D eigenvalue weighted by Gasteiger charge is -2.47. The lowest BCUT2D eigenvalue weighted by Crippen LogP contribution is -2.45. The van der Waals surface area contributed by atoms with Gasteiger partial charge in [-0.2, -0.15) is 5.10 Å². The molecule has 0 unspecified atom stereocenters. The Balaban J connectivity index is 1.51. The van der Waals surface area contributed by atoms with E-state index in [2.05, 4.69) is 48.4 Å². The Morgan fingerprint density at radius 1 is 1.12 bits per heavy atom. The number of hydrogen-bond acceptors (Lipinski definition) is 4. The highest BCUT2D eigenvalue weighted by molar-refractivity contribution is 5.88. The molecule has 2 aliphatic carbocycles. The molecule has 3 atom stereocenters. The van der Waals surface area contributed by atoms with Gasteiger partial charge in [-0.15, -0.1) is 0 Å². The smallest absolute Gasteiger partial charge is 0.356 e. The van der Waals surface area contributed by atoms with E-state index in [-0.39, 0.29) is 17.0 Å². The van der Waals surface area contributed by atoms with Crippen molar-refractivity contribution in [1.29, 1.82) is 0 Å². The van der Waals surface area contributed by atoms with Crippen molar-refractivity contribution in [2.75, 3.05) is 0 Å². The molecule has 166 valence electrons. The highest BCUT2D eigenvalue weighted by Crippen LogP contribution is 2.54. The van der Waals surface area contributed by atoms with Crippen molar-refractivity contribution >= 4 is 5.97 Å². The minimum atomic E-state index is -0.970. The molecular formula is C27H25N3O3. The number of aromatic carboxylic acids is 1. The van der Waals surface area contributed by atoms with E-state index in [4.69, 9.17) is 4.52 Å². The average Bonchev–Trinajstić information content (AvgIpc) is 3.45. The molecule has 2 aliphatic rings. The van der Waals surface area contributed by atoms with Crippen molar-refractivity contribution in [2.45, 2.75) is 44.4 Å². The fourth-order valence-corrected chi connectivity index (χ4v) is 6.22. The van der Waals surface area contributed by atoms with Crippen molar-refractivity contribution in [3.8, 4) is 16.8 Å².